The smallest absolute Gasteiger partial charge is 0.234 e. The van der Waals surface area contributed by atoms with Gasteiger partial charge in [0, 0.05) is 11.9 Å². The summed E-state index contributed by atoms with van der Waals surface area (Å²) in [7, 11) is -3.26. The van der Waals surface area contributed by atoms with Crippen molar-refractivity contribution in [1.82, 2.24) is 4.37 Å². The molecule has 0 fully saturated rings. The van der Waals surface area contributed by atoms with Gasteiger partial charge in [-0.05, 0) is 11.5 Å². The quantitative estimate of drug-likeness (QED) is 0.718. The molecule has 5 nitrogen and oxygen atoms in total. The van der Waals surface area contributed by atoms with Crippen LogP contribution in [0.2, 0.25) is 0 Å². The van der Waals surface area contributed by atoms with Gasteiger partial charge in [-0.2, -0.15) is 4.37 Å². The van der Waals surface area contributed by atoms with Gasteiger partial charge in [-0.3, -0.25) is 4.72 Å². The molecule has 0 bridgehead atoms. The van der Waals surface area contributed by atoms with Gasteiger partial charge in [0.15, 0.2) is 0 Å². The van der Waals surface area contributed by atoms with Crippen LogP contribution in [0.25, 0.3) is 0 Å². The number of nitrogens with zero attached hydrogens (tertiary/aromatic N) is 1. The molecule has 0 aliphatic heterocycles. The zero-order chi connectivity index (χ0) is 9.03. The molecule has 12 heavy (non-hydrogen) atoms. The first-order valence-corrected chi connectivity index (χ1v) is 5.73. The molecular weight excluding hydrogens is 198 g/mol. The van der Waals surface area contributed by atoms with Crippen molar-refractivity contribution in [2.75, 3.05) is 17.0 Å². The second kappa shape index (κ2) is 3.83. The van der Waals surface area contributed by atoms with Crippen molar-refractivity contribution in [3.8, 4) is 0 Å². The average molecular weight is 207 g/mol. The Hall–Kier alpha value is -0.660. The minimum Gasteiger partial charge on any atom is -0.329 e. The van der Waals surface area contributed by atoms with E-state index in [1.807, 2.05) is 0 Å². The highest BCUT2D eigenvalue weighted by Gasteiger charge is 2.08. The molecule has 0 unspecified atom stereocenters. The van der Waals surface area contributed by atoms with Crippen LogP contribution in [0.15, 0.2) is 11.6 Å². The Balaban J connectivity index is 2.63. The summed E-state index contributed by atoms with van der Waals surface area (Å²) in [6.07, 6.45) is 1.46. The average Bonchev–Trinajstić information content (AvgIpc) is 2.38. The highest BCUT2D eigenvalue weighted by atomic mass is 32.2. The summed E-state index contributed by atoms with van der Waals surface area (Å²) < 4.78 is 28.3. The largest absolute Gasteiger partial charge is 0.329 e. The Labute approximate surface area is 74.8 Å². The minimum absolute atomic E-state index is 0.0666. The van der Waals surface area contributed by atoms with Crippen molar-refractivity contribution in [2.24, 2.45) is 5.73 Å². The van der Waals surface area contributed by atoms with Crippen LogP contribution in [0.3, 0.4) is 0 Å². The van der Waals surface area contributed by atoms with E-state index in [1.54, 1.807) is 5.38 Å². The number of aromatic nitrogens is 1. The van der Waals surface area contributed by atoms with Gasteiger partial charge in [-0.15, -0.1) is 0 Å². The predicted octanol–water partition coefficient (Wildman–Crippen LogP) is -0.157. The molecule has 0 amide bonds. The molecule has 1 heterocycles. The Morgan fingerprint density at radius 3 is 2.92 bits per heavy atom. The van der Waals surface area contributed by atoms with Crippen molar-refractivity contribution >= 4 is 27.2 Å². The van der Waals surface area contributed by atoms with Crippen LogP contribution < -0.4 is 10.5 Å². The molecule has 1 aromatic rings. The van der Waals surface area contributed by atoms with E-state index in [1.165, 1.54) is 17.7 Å². The van der Waals surface area contributed by atoms with Crippen LogP contribution in [0.4, 0.5) is 5.69 Å². The van der Waals surface area contributed by atoms with Gasteiger partial charge >= 0.3 is 0 Å². The van der Waals surface area contributed by atoms with E-state index in [4.69, 9.17) is 5.73 Å². The molecule has 1 aromatic heterocycles. The fourth-order valence-corrected chi connectivity index (χ4v) is 2.07. The summed E-state index contributed by atoms with van der Waals surface area (Å²) in [4.78, 5) is 0. The number of rotatable bonds is 4. The standard InChI is InChI=1S/C5H9N3O2S2/c6-1-2-12(9,10)8-5-3-7-11-4-5/h3-4,8H,1-2,6H2. The molecule has 0 spiro atoms. The molecule has 3 N–H and O–H groups in total. The van der Waals surface area contributed by atoms with E-state index in [0.717, 1.165) is 0 Å². The van der Waals surface area contributed by atoms with Crippen molar-refractivity contribution in [3.05, 3.63) is 11.6 Å². The first-order valence-electron chi connectivity index (χ1n) is 3.24. The normalized spacial score (nSPS) is 11.4. The van der Waals surface area contributed by atoms with Gasteiger partial charge in [0.25, 0.3) is 0 Å². The third-order valence-electron chi connectivity index (χ3n) is 1.09. The van der Waals surface area contributed by atoms with Crippen LogP contribution in [0.1, 0.15) is 0 Å². The zero-order valence-electron chi connectivity index (χ0n) is 6.23. The van der Waals surface area contributed by atoms with Gasteiger partial charge in [0.1, 0.15) is 0 Å². The van der Waals surface area contributed by atoms with E-state index >= 15 is 0 Å². The van der Waals surface area contributed by atoms with Gasteiger partial charge < -0.3 is 5.73 Å². The van der Waals surface area contributed by atoms with Crippen molar-refractivity contribution < 1.29 is 8.42 Å². The number of anilines is 1. The molecule has 1 rings (SSSR count). The summed E-state index contributed by atoms with van der Waals surface area (Å²) >= 11 is 1.19. The van der Waals surface area contributed by atoms with Crippen LogP contribution in [0, 0.1) is 0 Å². The number of sulfonamides is 1. The monoisotopic (exact) mass is 207 g/mol. The lowest BCUT2D eigenvalue weighted by Gasteiger charge is -2.02. The summed E-state index contributed by atoms with van der Waals surface area (Å²) in [5, 5.41) is 1.62. The Bertz CT molecular complexity index is 318. The number of nitrogens with two attached hydrogens (primary N) is 1. The van der Waals surface area contributed by atoms with Gasteiger partial charge in [0.2, 0.25) is 10.0 Å². The first-order chi connectivity index (χ1) is 5.64. The molecule has 68 valence electrons. The molecule has 0 saturated carbocycles. The molecule has 0 aliphatic rings. The molecule has 0 atom stereocenters. The van der Waals surface area contributed by atoms with Gasteiger partial charge in [-0.1, -0.05) is 0 Å². The summed E-state index contributed by atoms with van der Waals surface area (Å²) in [6, 6.07) is 0. The zero-order valence-corrected chi connectivity index (χ0v) is 7.86. The lowest BCUT2D eigenvalue weighted by atomic mass is 10.6. The van der Waals surface area contributed by atoms with E-state index in [0.29, 0.717) is 5.69 Å². The predicted molar refractivity (Wildman–Crippen MR) is 48.6 cm³/mol. The lowest BCUT2D eigenvalue weighted by molar-refractivity contribution is 0.601. The number of hydrogen-bond acceptors (Lipinski definition) is 5. The minimum atomic E-state index is -3.26. The molecule has 7 heteroatoms. The SMILES string of the molecule is NCCS(=O)(=O)Nc1cnsc1. The van der Waals surface area contributed by atoms with E-state index in [2.05, 4.69) is 9.10 Å². The molecule has 0 saturated heterocycles. The van der Waals surface area contributed by atoms with Gasteiger partial charge in [0.05, 0.1) is 17.6 Å². The molecule has 0 aromatic carbocycles. The van der Waals surface area contributed by atoms with Gasteiger partial charge in [-0.25, -0.2) is 8.42 Å². The highest BCUT2D eigenvalue weighted by Crippen LogP contribution is 2.09. The topological polar surface area (TPSA) is 85.1 Å². The fourth-order valence-electron chi connectivity index (χ4n) is 0.641. The van der Waals surface area contributed by atoms with Crippen LogP contribution in [-0.2, 0) is 10.0 Å². The highest BCUT2D eigenvalue weighted by molar-refractivity contribution is 7.92. The maximum atomic E-state index is 11.1. The van der Waals surface area contributed by atoms with Crippen LogP contribution in [-0.4, -0.2) is 25.1 Å². The molecule has 0 radical (unpaired) electrons. The summed E-state index contributed by atoms with van der Waals surface area (Å²) in [6.45, 7) is 0.118. The summed E-state index contributed by atoms with van der Waals surface area (Å²) in [5.74, 6) is -0.0666. The number of hydrogen-bond donors (Lipinski definition) is 2. The van der Waals surface area contributed by atoms with Crippen molar-refractivity contribution in [3.63, 3.8) is 0 Å². The molecule has 0 aliphatic carbocycles. The third-order valence-corrected chi connectivity index (χ3v) is 3.00. The van der Waals surface area contributed by atoms with Crippen molar-refractivity contribution in [1.29, 1.82) is 0 Å². The lowest BCUT2D eigenvalue weighted by Crippen LogP contribution is -2.22. The fraction of sp³-hybridized carbons (Fsp3) is 0.400. The second-order valence-electron chi connectivity index (χ2n) is 2.12. The molecular formula is C5H9N3O2S2. The Morgan fingerprint density at radius 2 is 2.42 bits per heavy atom. The first kappa shape index (κ1) is 9.43. The number of nitrogens with one attached hydrogen (secondary N) is 1. The van der Waals surface area contributed by atoms with Crippen molar-refractivity contribution in [2.45, 2.75) is 0 Å². The maximum absolute atomic E-state index is 11.1. The van der Waals surface area contributed by atoms with E-state index in [-0.39, 0.29) is 12.3 Å². The second-order valence-corrected chi connectivity index (χ2v) is 4.62. The Morgan fingerprint density at radius 1 is 1.67 bits per heavy atom. The third kappa shape index (κ3) is 2.76. The Kier molecular flexibility index (Phi) is 3.01. The van der Waals surface area contributed by atoms with Crippen LogP contribution in [0.5, 0.6) is 0 Å². The maximum Gasteiger partial charge on any atom is 0.234 e. The van der Waals surface area contributed by atoms with E-state index in [9.17, 15) is 8.42 Å². The summed E-state index contributed by atoms with van der Waals surface area (Å²) in [5.41, 5.74) is 5.61. The van der Waals surface area contributed by atoms with Crippen LogP contribution >= 0.6 is 11.5 Å². The van der Waals surface area contributed by atoms with E-state index < -0.39 is 10.0 Å².